The predicted octanol–water partition coefficient (Wildman–Crippen LogP) is 3.31. The number of aryl methyl sites for hydroxylation is 1. The highest BCUT2D eigenvalue weighted by Gasteiger charge is 2.25. The van der Waals surface area contributed by atoms with Gasteiger partial charge in [0.05, 0.1) is 0 Å². The van der Waals surface area contributed by atoms with Crippen LogP contribution in [-0.2, 0) is 6.42 Å². The van der Waals surface area contributed by atoms with E-state index in [0.29, 0.717) is 5.69 Å². The fourth-order valence-corrected chi connectivity index (χ4v) is 3.76. The van der Waals surface area contributed by atoms with Crippen molar-refractivity contribution in [2.45, 2.75) is 32.6 Å². The number of para-hydroxylation sites is 1. The average Bonchev–Trinajstić information content (AvgIpc) is 2.68. The van der Waals surface area contributed by atoms with Gasteiger partial charge in [-0.1, -0.05) is 25.1 Å². The van der Waals surface area contributed by atoms with Gasteiger partial charge in [-0.15, -0.1) is 0 Å². The normalized spacial score (nSPS) is 18.1. The van der Waals surface area contributed by atoms with Gasteiger partial charge in [0.2, 0.25) is 0 Å². The van der Waals surface area contributed by atoms with Crippen molar-refractivity contribution in [2.75, 3.05) is 29.4 Å². The number of hydrogen-bond donors (Lipinski definition) is 0. The van der Waals surface area contributed by atoms with E-state index in [1.165, 1.54) is 24.7 Å². The maximum atomic E-state index is 13.1. The number of carbonyl (C=O) groups is 1. The molecule has 5 nitrogen and oxygen atoms in total. The summed E-state index contributed by atoms with van der Waals surface area (Å²) in [6, 6.07) is 10.0. The van der Waals surface area contributed by atoms with Crippen LogP contribution in [0.15, 0.2) is 36.7 Å². The second kappa shape index (κ2) is 6.82. The Morgan fingerprint density at radius 3 is 2.76 bits per heavy atom. The molecule has 0 atom stereocenters. The number of amides is 1. The lowest BCUT2D eigenvalue weighted by molar-refractivity contribution is 0.0980. The van der Waals surface area contributed by atoms with Crippen molar-refractivity contribution in [1.29, 1.82) is 0 Å². The molecule has 1 aromatic heterocycles. The van der Waals surface area contributed by atoms with Crippen LogP contribution in [0.5, 0.6) is 0 Å². The number of aromatic nitrogens is 2. The van der Waals surface area contributed by atoms with E-state index in [1.807, 2.05) is 29.2 Å². The number of hydrogen-bond acceptors (Lipinski definition) is 4. The van der Waals surface area contributed by atoms with Gasteiger partial charge in [0.15, 0.2) is 0 Å². The summed E-state index contributed by atoms with van der Waals surface area (Å²) in [5.74, 6) is 1.61. The van der Waals surface area contributed by atoms with Crippen LogP contribution in [0.2, 0.25) is 0 Å². The molecular weight excluding hydrogens is 312 g/mol. The highest BCUT2D eigenvalue weighted by atomic mass is 16.2. The van der Waals surface area contributed by atoms with Crippen LogP contribution < -0.4 is 9.80 Å². The van der Waals surface area contributed by atoms with E-state index >= 15 is 0 Å². The molecule has 2 aromatic rings. The smallest absolute Gasteiger partial charge is 0.277 e. The maximum absolute atomic E-state index is 13.1. The molecule has 2 aliphatic heterocycles. The summed E-state index contributed by atoms with van der Waals surface area (Å²) in [6.45, 7) is 5.03. The zero-order valence-electron chi connectivity index (χ0n) is 14.7. The molecule has 3 heterocycles. The molecule has 0 N–H and O–H groups in total. The van der Waals surface area contributed by atoms with Crippen LogP contribution in [0.25, 0.3) is 0 Å². The van der Waals surface area contributed by atoms with E-state index in [-0.39, 0.29) is 5.91 Å². The van der Waals surface area contributed by atoms with Gasteiger partial charge in [0, 0.05) is 31.4 Å². The van der Waals surface area contributed by atoms with E-state index in [1.54, 1.807) is 0 Å². The average molecular weight is 336 g/mol. The third-order valence-electron chi connectivity index (χ3n) is 5.33. The van der Waals surface area contributed by atoms with Gasteiger partial charge in [0.1, 0.15) is 17.8 Å². The zero-order chi connectivity index (χ0) is 17.2. The van der Waals surface area contributed by atoms with Crippen molar-refractivity contribution in [3.05, 3.63) is 47.9 Å². The van der Waals surface area contributed by atoms with E-state index in [2.05, 4.69) is 27.9 Å². The summed E-state index contributed by atoms with van der Waals surface area (Å²) in [5, 5.41) is 0. The largest absolute Gasteiger partial charge is 0.356 e. The van der Waals surface area contributed by atoms with Gasteiger partial charge >= 0.3 is 0 Å². The Hall–Kier alpha value is -2.43. The van der Waals surface area contributed by atoms with Crippen LogP contribution >= 0.6 is 0 Å². The minimum absolute atomic E-state index is 0.0267. The standard InChI is InChI=1S/C20H24N4O/c1-15-8-11-23(12-9-15)19-13-17(21-14-22-19)20(25)24-10-4-6-16-5-2-3-7-18(16)24/h2-3,5,7,13-15H,4,6,8-12H2,1H3. The van der Waals surface area contributed by atoms with Gasteiger partial charge in [0.25, 0.3) is 5.91 Å². The van der Waals surface area contributed by atoms with Crippen LogP contribution in [0.4, 0.5) is 11.5 Å². The summed E-state index contributed by atoms with van der Waals surface area (Å²) in [6.07, 6.45) is 5.89. The summed E-state index contributed by atoms with van der Waals surface area (Å²) in [7, 11) is 0. The first-order chi connectivity index (χ1) is 12.2. The van der Waals surface area contributed by atoms with Crippen LogP contribution in [0.1, 0.15) is 42.2 Å². The second-order valence-electron chi connectivity index (χ2n) is 7.12. The van der Waals surface area contributed by atoms with Crippen molar-refractivity contribution in [1.82, 2.24) is 9.97 Å². The van der Waals surface area contributed by atoms with Crippen molar-refractivity contribution >= 4 is 17.4 Å². The molecule has 5 heteroatoms. The molecule has 2 aliphatic rings. The Morgan fingerprint density at radius 2 is 1.92 bits per heavy atom. The van der Waals surface area contributed by atoms with E-state index in [0.717, 1.165) is 49.9 Å². The Labute approximate surface area is 148 Å². The van der Waals surface area contributed by atoms with Crippen LogP contribution in [0, 0.1) is 5.92 Å². The lowest BCUT2D eigenvalue weighted by atomic mass is 9.99. The summed E-state index contributed by atoms with van der Waals surface area (Å²) in [4.78, 5) is 25.9. The number of anilines is 2. The first-order valence-electron chi connectivity index (χ1n) is 9.19. The highest BCUT2D eigenvalue weighted by Crippen LogP contribution is 2.28. The Kier molecular flexibility index (Phi) is 4.38. The maximum Gasteiger partial charge on any atom is 0.277 e. The summed E-state index contributed by atoms with van der Waals surface area (Å²) in [5.41, 5.74) is 2.74. The topological polar surface area (TPSA) is 49.3 Å². The second-order valence-corrected chi connectivity index (χ2v) is 7.12. The first kappa shape index (κ1) is 16.1. The third kappa shape index (κ3) is 3.23. The van der Waals surface area contributed by atoms with Crippen molar-refractivity contribution in [3.8, 4) is 0 Å². The molecule has 130 valence electrons. The van der Waals surface area contributed by atoms with Gasteiger partial charge in [-0.2, -0.15) is 0 Å². The Balaban J connectivity index is 1.58. The van der Waals surface area contributed by atoms with E-state index in [4.69, 9.17) is 0 Å². The third-order valence-corrected chi connectivity index (χ3v) is 5.33. The van der Waals surface area contributed by atoms with Gasteiger partial charge in [-0.05, 0) is 43.2 Å². The minimum atomic E-state index is -0.0267. The molecule has 0 aliphatic carbocycles. The quantitative estimate of drug-likeness (QED) is 0.844. The molecule has 0 saturated carbocycles. The van der Waals surface area contributed by atoms with Crippen molar-refractivity contribution in [3.63, 3.8) is 0 Å². The molecule has 1 saturated heterocycles. The number of carbonyl (C=O) groups excluding carboxylic acids is 1. The molecule has 1 fully saturated rings. The van der Waals surface area contributed by atoms with E-state index in [9.17, 15) is 4.79 Å². The summed E-state index contributed by atoms with van der Waals surface area (Å²) < 4.78 is 0. The number of benzene rings is 1. The molecule has 0 spiro atoms. The molecule has 25 heavy (non-hydrogen) atoms. The molecule has 1 aromatic carbocycles. The van der Waals surface area contributed by atoms with Gasteiger partial charge < -0.3 is 9.80 Å². The zero-order valence-corrected chi connectivity index (χ0v) is 14.7. The van der Waals surface area contributed by atoms with Crippen LogP contribution in [-0.4, -0.2) is 35.5 Å². The fourth-order valence-electron chi connectivity index (χ4n) is 3.76. The highest BCUT2D eigenvalue weighted by molar-refractivity contribution is 6.05. The summed E-state index contributed by atoms with van der Waals surface area (Å²) >= 11 is 0. The predicted molar refractivity (Wildman–Crippen MR) is 99.1 cm³/mol. The molecule has 0 unspecified atom stereocenters. The lowest BCUT2D eigenvalue weighted by Crippen LogP contribution is -2.37. The van der Waals surface area contributed by atoms with Gasteiger partial charge in [-0.3, -0.25) is 4.79 Å². The molecule has 0 radical (unpaired) electrons. The number of fused-ring (bicyclic) bond motifs is 1. The monoisotopic (exact) mass is 336 g/mol. The van der Waals surface area contributed by atoms with Gasteiger partial charge in [-0.25, -0.2) is 9.97 Å². The minimum Gasteiger partial charge on any atom is -0.356 e. The molecule has 4 rings (SSSR count). The van der Waals surface area contributed by atoms with Crippen molar-refractivity contribution in [2.24, 2.45) is 5.92 Å². The SMILES string of the molecule is CC1CCN(c2cc(C(=O)N3CCCc4ccccc43)ncn2)CC1. The fraction of sp³-hybridized carbons (Fsp3) is 0.450. The Morgan fingerprint density at radius 1 is 1.12 bits per heavy atom. The molecule has 1 amide bonds. The molecule has 0 bridgehead atoms. The van der Waals surface area contributed by atoms with Crippen LogP contribution in [0.3, 0.4) is 0 Å². The first-order valence-corrected chi connectivity index (χ1v) is 9.19. The number of nitrogens with zero attached hydrogens (tertiary/aromatic N) is 4. The number of rotatable bonds is 2. The number of piperidine rings is 1. The lowest BCUT2D eigenvalue weighted by Gasteiger charge is -2.32. The molecular formula is C20H24N4O. The van der Waals surface area contributed by atoms with E-state index < -0.39 is 0 Å². The van der Waals surface area contributed by atoms with Crippen molar-refractivity contribution < 1.29 is 4.79 Å². The Bertz CT molecular complexity index is 768.